The molecule has 87 valence electrons. The maximum absolute atomic E-state index is 11.9. The summed E-state index contributed by atoms with van der Waals surface area (Å²) in [7, 11) is 0. The highest BCUT2D eigenvalue weighted by Gasteiger charge is 2.31. The fourth-order valence-corrected chi connectivity index (χ4v) is 1.79. The number of Topliss-reactive ketones (excluding diaryl/α,β-unsaturated/α-hetero) is 1. The SMILES string of the molecule is [CH2]CC(=O)C1CCN(CCC(F)(F)F)C1. The number of carbonyl (C=O) groups is 1. The number of alkyl halides is 3. The van der Waals surface area contributed by atoms with Crippen molar-refractivity contribution in [3.63, 3.8) is 0 Å². The van der Waals surface area contributed by atoms with Crippen molar-refractivity contribution in [2.24, 2.45) is 5.92 Å². The summed E-state index contributed by atoms with van der Waals surface area (Å²) in [4.78, 5) is 12.9. The molecule has 0 aromatic rings. The van der Waals surface area contributed by atoms with Gasteiger partial charge in [-0.3, -0.25) is 4.79 Å². The van der Waals surface area contributed by atoms with Gasteiger partial charge in [0.1, 0.15) is 5.78 Å². The highest BCUT2D eigenvalue weighted by molar-refractivity contribution is 5.81. The molecule has 1 heterocycles. The van der Waals surface area contributed by atoms with Crippen molar-refractivity contribution in [3.05, 3.63) is 6.92 Å². The molecule has 0 aliphatic carbocycles. The van der Waals surface area contributed by atoms with Gasteiger partial charge in [0.05, 0.1) is 6.42 Å². The Hall–Kier alpha value is -0.580. The molecule has 1 radical (unpaired) electrons. The number of hydrogen-bond donors (Lipinski definition) is 0. The van der Waals surface area contributed by atoms with Crippen LogP contribution in [0, 0.1) is 12.8 Å². The zero-order valence-corrected chi connectivity index (χ0v) is 8.52. The second-order valence-corrected chi connectivity index (χ2v) is 3.87. The average Bonchev–Trinajstić information content (AvgIpc) is 2.61. The molecular weight excluding hydrogens is 207 g/mol. The van der Waals surface area contributed by atoms with E-state index in [9.17, 15) is 18.0 Å². The van der Waals surface area contributed by atoms with Crippen LogP contribution in [0.1, 0.15) is 19.3 Å². The van der Waals surface area contributed by atoms with E-state index in [-0.39, 0.29) is 24.7 Å². The van der Waals surface area contributed by atoms with Crippen LogP contribution < -0.4 is 0 Å². The third kappa shape index (κ3) is 4.20. The summed E-state index contributed by atoms with van der Waals surface area (Å²) in [6.45, 7) is 4.55. The van der Waals surface area contributed by atoms with Crippen molar-refractivity contribution in [2.75, 3.05) is 19.6 Å². The Labute approximate surface area is 87.4 Å². The first-order valence-electron chi connectivity index (χ1n) is 5.03. The molecule has 0 amide bonds. The van der Waals surface area contributed by atoms with Crippen LogP contribution in [0.4, 0.5) is 13.2 Å². The Morgan fingerprint density at radius 3 is 2.67 bits per heavy atom. The van der Waals surface area contributed by atoms with Crippen LogP contribution in [0.3, 0.4) is 0 Å². The van der Waals surface area contributed by atoms with E-state index in [4.69, 9.17) is 0 Å². The highest BCUT2D eigenvalue weighted by atomic mass is 19.4. The second-order valence-electron chi connectivity index (χ2n) is 3.87. The van der Waals surface area contributed by atoms with Gasteiger partial charge in [-0.05, 0) is 19.9 Å². The number of likely N-dealkylation sites (tertiary alicyclic amines) is 1. The standard InChI is InChI=1S/C10H15F3NO/c1-2-9(15)8-3-5-14(7-8)6-4-10(11,12)13/h8H,1-7H2. The van der Waals surface area contributed by atoms with E-state index < -0.39 is 12.6 Å². The maximum atomic E-state index is 11.9. The molecule has 1 unspecified atom stereocenters. The lowest BCUT2D eigenvalue weighted by molar-refractivity contribution is -0.137. The van der Waals surface area contributed by atoms with E-state index >= 15 is 0 Å². The summed E-state index contributed by atoms with van der Waals surface area (Å²) in [5, 5.41) is 0. The predicted octanol–water partition coefficient (Wildman–Crippen LogP) is 2.05. The first kappa shape index (κ1) is 12.5. The van der Waals surface area contributed by atoms with Crippen molar-refractivity contribution in [3.8, 4) is 0 Å². The minimum Gasteiger partial charge on any atom is -0.302 e. The molecule has 0 bridgehead atoms. The van der Waals surface area contributed by atoms with Gasteiger partial charge in [0.25, 0.3) is 0 Å². The molecule has 0 N–H and O–H groups in total. The average molecular weight is 222 g/mol. The fourth-order valence-electron chi connectivity index (χ4n) is 1.79. The maximum Gasteiger partial charge on any atom is 0.390 e. The molecule has 0 aromatic carbocycles. The molecule has 0 spiro atoms. The van der Waals surface area contributed by atoms with Crippen LogP contribution in [0.2, 0.25) is 0 Å². The summed E-state index contributed by atoms with van der Waals surface area (Å²) in [6.07, 6.45) is -3.99. The van der Waals surface area contributed by atoms with Gasteiger partial charge in [0.2, 0.25) is 0 Å². The van der Waals surface area contributed by atoms with E-state index in [2.05, 4.69) is 6.92 Å². The third-order valence-electron chi connectivity index (χ3n) is 2.69. The van der Waals surface area contributed by atoms with Gasteiger partial charge in [0.15, 0.2) is 0 Å². The lowest BCUT2D eigenvalue weighted by Gasteiger charge is -2.16. The van der Waals surface area contributed by atoms with E-state index in [0.717, 1.165) is 0 Å². The van der Waals surface area contributed by atoms with Crippen LogP contribution in [0.25, 0.3) is 0 Å². The van der Waals surface area contributed by atoms with Crippen LogP contribution in [0.5, 0.6) is 0 Å². The van der Waals surface area contributed by atoms with Crippen LogP contribution >= 0.6 is 0 Å². The first-order chi connectivity index (χ1) is 6.92. The molecule has 2 nitrogen and oxygen atoms in total. The van der Waals surface area contributed by atoms with Crippen molar-refractivity contribution in [1.82, 2.24) is 4.90 Å². The number of ketones is 1. The largest absolute Gasteiger partial charge is 0.390 e. The zero-order valence-electron chi connectivity index (χ0n) is 8.52. The molecule has 1 atom stereocenters. The monoisotopic (exact) mass is 222 g/mol. The smallest absolute Gasteiger partial charge is 0.302 e. The van der Waals surface area contributed by atoms with Crippen molar-refractivity contribution in [2.45, 2.75) is 25.4 Å². The molecule has 5 heteroatoms. The molecular formula is C10H15F3NO. The summed E-state index contributed by atoms with van der Waals surface area (Å²) in [6, 6.07) is 0. The van der Waals surface area contributed by atoms with Crippen LogP contribution in [0.15, 0.2) is 0 Å². The number of halogens is 3. The van der Waals surface area contributed by atoms with Gasteiger partial charge >= 0.3 is 6.18 Å². The van der Waals surface area contributed by atoms with E-state index in [1.54, 1.807) is 4.90 Å². The minimum atomic E-state index is -4.10. The second kappa shape index (κ2) is 4.96. The summed E-state index contributed by atoms with van der Waals surface area (Å²) < 4.78 is 35.8. The summed E-state index contributed by atoms with van der Waals surface area (Å²) in [5.74, 6) is -0.0414. The lowest BCUT2D eigenvalue weighted by atomic mass is 10.0. The van der Waals surface area contributed by atoms with Gasteiger partial charge in [0, 0.05) is 25.4 Å². The fraction of sp³-hybridized carbons (Fsp3) is 0.800. The number of carbonyl (C=O) groups excluding carboxylic acids is 1. The van der Waals surface area contributed by atoms with E-state index in [1.807, 2.05) is 0 Å². The van der Waals surface area contributed by atoms with Gasteiger partial charge in [-0.1, -0.05) is 0 Å². The Morgan fingerprint density at radius 1 is 1.47 bits per heavy atom. The Kier molecular flexibility index (Phi) is 4.13. The first-order valence-corrected chi connectivity index (χ1v) is 5.03. The van der Waals surface area contributed by atoms with Crippen LogP contribution in [-0.4, -0.2) is 36.5 Å². The van der Waals surface area contributed by atoms with Gasteiger partial charge in [-0.15, -0.1) is 0 Å². The summed E-state index contributed by atoms with van der Waals surface area (Å²) >= 11 is 0. The molecule has 1 saturated heterocycles. The topological polar surface area (TPSA) is 20.3 Å². The Balaban J connectivity index is 2.28. The van der Waals surface area contributed by atoms with Gasteiger partial charge in [-0.2, -0.15) is 13.2 Å². The molecule has 0 saturated carbocycles. The van der Waals surface area contributed by atoms with E-state index in [1.165, 1.54) is 0 Å². The molecule has 0 aromatic heterocycles. The lowest BCUT2D eigenvalue weighted by Crippen LogP contribution is -2.27. The Morgan fingerprint density at radius 2 is 2.13 bits per heavy atom. The highest BCUT2D eigenvalue weighted by Crippen LogP contribution is 2.23. The van der Waals surface area contributed by atoms with Crippen molar-refractivity contribution in [1.29, 1.82) is 0 Å². The normalized spacial score (nSPS) is 23.3. The molecule has 1 fully saturated rings. The number of hydrogen-bond acceptors (Lipinski definition) is 2. The third-order valence-corrected chi connectivity index (χ3v) is 2.69. The molecule has 15 heavy (non-hydrogen) atoms. The van der Waals surface area contributed by atoms with Gasteiger partial charge in [-0.25, -0.2) is 0 Å². The number of rotatable bonds is 4. The minimum absolute atomic E-state index is 0.00439. The summed E-state index contributed by atoms with van der Waals surface area (Å²) in [5.41, 5.74) is 0. The van der Waals surface area contributed by atoms with Crippen LogP contribution in [-0.2, 0) is 4.79 Å². The molecule has 1 aliphatic rings. The quantitative estimate of drug-likeness (QED) is 0.725. The molecule has 1 aliphatic heterocycles. The zero-order chi connectivity index (χ0) is 11.5. The predicted molar refractivity (Wildman–Crippen MR) is 50.2 cm³/mol. The van der Waals surface area contributed by atoms with Crippen molar-refractivity contribution >= 4 is 5.78 Å². The van der Waals surface area contributed by atoms with Crippen molar-refractivity contribution < 1.29 is 18.0 Å². The Bertz CT molecular complexity index is 227. The van der Waals surface area contributed by atoms with E-state index in [0.29, 0.717) is 19.5 Å². The molecule has 1 rings (SSSR count). The van der Waals surface area contributed by atoms with Gasteiger partial charge < -0.3 is 4.90 Å². The number of nitrogens with zero attached hydrogens (tertiary/aromatic N) is 1.